The smallest absolute Gasteiger partial charge is 0.269 e. The Kier molecular flexibility index (Phi) is 4.86. The average molecular weight is 376 g/mol. The lowest BCUT2D eigenvalue weighted by atomic mass is 10.1. The quantitative estimate of drug-likeness (QED) is 0.768. The van der Waals surface area contributed by atoms with Crippen molar-refractivity contribution in [3.8, 4) is 0 Å². The van der Waals surface area contributed by atoms with Crippen LogP contribution in [0.4, 0.5) is 0 Å². The first-order chi connectivity index (χ1) is 12.3. The Morgan fingerprint density at radius 2 is 1.96 bits per heavy atom. The van der Waals surface area contributed by atoms with Crippen LogP contribution in [0.1, 0.15) is 29.5 Å². The molecule has 7 nitrogen and oxygen atoms in total. The van der Waals surface area contributed by atoms with E-state index in [-0.39, 0.29) is 16.5 Å². The molecule has 2 amide bonds. The number of aryl methyl sites for hydroxylation is 1. The van der Waals surface area contributed by atoms with Gasteiger partial charge in [0.25, 0.3) is 15.9 Å². The molecule has 1 aromatic carbocycles. The van der Waals surface area contributed by atoms with Crippen molar-refractivity contribution in [3.63, 3.8) is 0 Å². The number of furan rings is 1. The lowest BCUT2D eigenvalue weighted by molar-refractivity contribution is -0.131. The lowest BCUT2D eigenvalue weighted by Gasteiger charge is -2.26. The van der Waals surface area contributed by atoms with Gasteiger partial charge in [-0.2, -0.15) is 0 Å². The molecule has 0 bridgehead atoms. The number of amides is 2. The zero-order chi connectivity index (χ0) is 18.9. The second-order valence-electron chi connectivity index (χ2n) is 6.28. The number of carbonyl (C=O) groups excluding carboxylic acids is 2. The van der Waals surface area contributed by atoms with Crippen molar-refractivity contribution in [2.24, 2.45) is 0 Å². The Bertz CT molecular complexity index is 921. The second kappa shape index (κ2) is 6.95. The van der Waals surface area contributed by atoms with Gasteiger partial charge in [0.1, 0.15) is 17.2 Å². The Morgan fingerprint density at radius 3 is 2.62 bits per heavy atom. The largest absolute Gasteiger partial charge is 0.469 e. The fourth-order valence-corrected chi connectivity index (χ4v) is 4.39. The third-order valence-electron chi connectivity index (χ3n) is 4.63. The zero-order valence-corrected chi connectivity index (χ0v) is 15.4. The molecule has 0 radical (unpaired) electrons. The standard InChI is InChI=1S/C18H20N2O5S/c1-13(9-10-14-6-5-11-25-14)19(2)17(21)12-20-18(22)15-7-3-4-8-16(15)26(20,23)24/h3-8,11,13H,9-10,12H2,1-2H3. The molecular formula is C18H20N2O5S. The third-order valence-corrected chi connectivity index (χ3v) is 6.42. The summed E-state index contributed by atoms with van der Waals surface area (Å²) in [5.41, 5.74) is 0.105. The van der Waals surface area contributed by atoms with Crippen LogP contribution >= 0.6 is 0 Å². The number of hydrogen-bond acceptors (Lipinski definition) is 5. The van der Waals surface area contributed by atoms with Crippen LogP contribution in [-0.2, 0) is 21.2 Å². The lowest BCUT2D eigenvalue weighted by Crippen LogP contribution is -2.44. The molecule has 1 atom stereocenters. The van der Waals surface area contributed by atoms with E-state index in [1.54, 1.807) is 31.5 Å². The van der Waals surface area contributed by atoms with Crippen LogP contribution in [0.3, 0.4) is 0 Å². The van der Waals surface area contributed by atoms with E-state index in [4.69, 9.17) is 4.42 Å². The van der Waals surface area contributed by atoms with E-state index in [0.29, 0.717) is 17.1 Å². The minimum absolute atomic E-state index is 0.0497. The predicted molar refractivity (Wildman–Crippen MR) is 93.9 cm³/mol. The van der Waals surface area contributed by atoms with Crippen molar-refractivity contribution in [1.29, 1.82) is 0 Å². The summed E-state index contributed by atoms with van der Waals surface area (Å²) in [5, 5.41) is 0. The summed E-state index contributed by atoms with van der Waals surface area (Å²) in [4.78, 5) is 26.3. The summed E-state index contributed by atoms with van der Waals surface area (Å²) in [7, 11) is -2.37. The van der Waals surface area contributed by atoms with E-state index < -0.39 is 28.4 Å². The predicted octanol–water partition coefficient (Wildman–Crippen LogP) is 1.90. The Labute approximate surface area is 152 Å². The topological polar surface area (TPSA) is 87.9 Å². The van der Waals surface area contributed by atoms with Gasteiger partial charge in [-0.1, -0.05) is 12.1 Å². The number of nitrogens with zero attached hydrogens (tertiary/aromatic N) is 2. The molecule has 1 aliphatic heterocycles. The van der Waals surface area contributed by atoms with E-state index in [1.807, 2.05) is 13.0 Å². The second-order valence-corrected chi connectivity index (χ2v) is 8.12. The van der Waals surface area contributed by atoms with Crippen molar-refractivity contribution >= 4 is 21.8 Å². The van der Waals surface area contributed by atoms with Gasteiger partial charge < -0.3 is 9.32 Å². The van der Waals surface area contributed by atoms with Crippen molar-refractivity contribution in [2.45, 2.75) is 30.7 Å². The summed E-state index contributed by atoms with van der Waals surface area (Å²) in [6.07, 6.45) is 2.92. The van der Waals surface area contributed by atoms with Gasteiger partial charge in [-0.15, -0.1) is 0 Å². The molecule has 0 aliphatic carbocycles. The number of sulfonamides is 1. The molecule has 1 aromatic heterocycles. The molecule has 0 spiro atoms. The minimum Gasteiger partial charge on any atom is -0.469 e. The van der Waals surface area contributed by atoms with E-state index in [9.17, 15) is 18.0 Å². The van der Waals surface area contributed by atoms with Crippen LogP contribution in [0.15, 0.2) is 52.0 Å². The van der Waals surface area contributed by atoms with E-state index in [1.165, 1.54) is 17.0 Å². The Balaban J connectivity index is 1.67. The molecule has 8 heteroatoms. The molecule has 138 valence electrons. The first kappa shape index (κ1) is 18.2. The molecule has 0 saturated carbocycles. The van der Waals surface area contributed by atoms with Crippen molar-refractivity contribution in [3.05, 3.63) is 54.0 Å². The maximum Gasteiger partial charge on any atom is 0.269 e. The van der Waals surface area contributed by atoms with Crippen LogP contribution in [0.25, 0.3) is 0 Å². The molecular weight excluding hydrogens is 356 g/mol. The summed E-state index contributed by atoms with van der Waals surface area (Å²) in [6.45, 7) is 1.37. The minimum atomic E-state index is -3.98. The molecule has 0 saturated heterocycles. The number of carbonyl (C=O) groups is 2. The van der Waals surface area contributed by atoms with Crippen LogP contribution < -0.4 is 0 Å². The summed E-state index contributed by atoms with van der Waals surface area (Å²) >= 11 is 0. The number of rotatable bonds is 6. The normalized spacial score (nSPS) is 16.4. The van der Waals surface area contributed by atoms with Crippen LogP contribution in [-0.4, -0.2) is 49.1 Å². The first-order valence-corrected chi connectivity index (χ1v) is 9.70. The van der Waals surface area contributed by atoms with Crippen LogP contribution in [0.2, 0.25) is 0 Å². The maximum absolute atomic E-state index is 12.5. The van der Waals surface area contributed by atoms with Crippen molar-refractivity contribution in [2.75, 3.05) is 13.6 Å². The SMILES string of the molecule is CC(CCc1ccco1)N(C)C(=O)CN1C(=O)c2ccccc2S1(=O)=O. The molecule has 2 aromatic rings. The van der Waals surface area contributed by atoms with Crippen LogP contribution in [0, 0.1) is 0 Å². The van der Waals surface area contributed by atoms with Crippen molar-refractivity contribution in [1.82, 2.24) is 9.21 Å². The van der Waals surface area contributed by atoms with E-state index in [2.05, 4.69) is 0 Å². The average Bonchev–Trinajstić information content (AvgIpc) is 3.21. The number of hydrogen-bond donors (Lipinski definition) is 0. The fraction of sp³-hybridized carbons (Fsp3) is 0.333. The highest BCUT2D eigenvalue weighted by Gasteiger charge is 2.42. The molecule has 2 heterocycles. The van der Waals surface area contributed by atoms with Crippen molar-refractivity contribution < 1.29 is 22.4 Å². The summed E-state index contributed by atoms with van der Waals surface area (Å²) in [5.74, 6) is -0.266. The van der Waals surface area contributed by atoms with Gasteiger partial charge in [0.15, 0.2) is 0 Å². The number of fused-ring (bicyclic) bond motifs is 1. The van der Waals surface area contributed by atoms with Crippen LogP contribution in [0.5, 0.6) is 0 Å². The van der Waals surface area contributed by atoms with E-state index in [0.717, 1.165) is 5.76 Å². The number of likely N-dealkylation sites (N-methyl/N-ethyl adjacent to an activating group) is 1. The zero-order valence-electron chi connectivity index (χ0n) is 14.6. The highest BCUT2D eigenvalue weighted by atomic mass is 32.2. The first-order valence-electron chi connectivity index (χ1n) is 8.26. The third kappa shape index (κ3) is 3.24. The summed E-state index contributed by atoms with van der Waals surface area (Å²) < 4.78 is 31.0. The fourth-order valence-electron chi connectivity index (χ4n) is 2.87. The maximum atomic E-state index is 12.5. The molecule has 3 rings (SSSR count). The van der Waals surface area contributed by atoms with Gasteiger partial charge in [-0.25, -0.2) is 12.7 Å². The Morgan fingerprint density at radius 1 is 1.23 bits per heavy atom. The molecule has 1 unspecified atom stereocenters. The van der Waals surface area contributed by atoms with Gasteiger partial charge >= 0.3 is 0 Å². The summed E-state index contributed by atoms with van der Waals surface area (Å²) in [6, 6.07) is 9.52. The van der Waals surface area contributed by atoms with Gasteiger partial charge in [0.05, 0.1) is 11.8 Å². The van der Waals surface area contributed by atoms with Gasteiger partial charge in [-0.05, 0) is 37.6 Å². The van der Waals surface area contributed by atoms with Gasteiger partial charge in [0, 0.05) is 19.5 Å². The van der Waals surface area contributed by atoms with Gasteiger partial charge in [-0.3, -0.25) is 9.59 Å². The highest BCUT2D eigenvalue weighted by molar-refractivity contribution is 7.90. The monoisotopic (exact) mass is 376 g/mol. The van der Waals surface area contributed by atoms with Gasteiger partial charge in [0.2, 0.25) is 5.91 Å². The molecule has 0 fully saturated rings. The number of benzene rings is 1. The van der Waals surface area contributed by atoms with E-state index >= 15 is 0 Å². The molecule has 0 N–H and O–H groups in total. The molecule has 1 aliphatic rings. The highest BCUT2D eigenvalue weighted by Crippen LogP contribution is 2.29. The Hall–Kier alpha value is -2.61. The molecule has 26 heavy (non-hydrogen) atoms.